The van der Waals surface area contributed by atoms with Gasteiger partial charge in [-0.3, -0.25) is 10.2 Å². The van der Waals surface area contributed by atoms with E-state index in [1.165, 1.54) is 0 Å². The van der Waals surface area contributed by atoms with E-state index in [1.54, 1.807) is 41.0 Å². The summed E-state index contributed by atoms with van der Waals surface area (Å²) in [5.74, 6) is -0.909. The first-order valence-electron chi connectivity index (χ1n) is 12.6. The van der Waals surface area contributed by atoms with E-state index < -0.39 is 5.97 Å². The number of ketones is 1. The molecule has 0 spiro atoms. The number of phenols is 1. The number of Topliss-reactive ketones (excluding diaryl/α,β-unsaturated/α-hetero) is 1. The number of hydrogen-bond donors (Lipinski definition) is 3. The second-order valence-electron chi connectivity index (χ2n) is 11.8. The van der Waals surface area contributed by atoms with Crippen LogP contribution in [0.3, 0.4) is 0 Å². The second kappa shape index (κ2) is 9.63. The summed E-state index contributed by atoms with van der Waals surface area (Å²) in [5.41, 5.74) is 4.03. The van der Waals surface area contributed by atoms with Crippen LogP contribution in [0.4, 0.5) is 0 Å². The number of phenolic OH excluding ortho intramolecular Hbond substituents is 1. The molecule has 1 heterocycles. The summed E-state index contributed by atoms with van der Waals surface area (Å²) in [7, 11) is 0. The van der Waals surface area contributed by atoms with Crippen molar-refractivity contribution in [1.29, 1.82) is 5.41 Å². The number of hydrogen-bond acceptors (Lipinski definition) is 4. The number of carbonyl (C=O) groups is 2. The zero-order valence-electron chi connectivity index (χ0n) is 22.8. The second-order valence-corrected chi connectivity index (χ2v) is 11.8. The van der Waals surface area contributed by atoms with Crippen molar-refractivity contribution in [2.45, 2.75) is 65.5 Å². The van der Waals surface area contributed by atoms with Gasteiger partial charge in [0, 0.05) is 16.7 Å². The van der Waals surface area contributed by atoms with Crippen molar-refractivity contribution < 1.29 is 19.8 Å². The van der Waals surface area contributed by atoms with Crippen LogP contribution in [0, 0.1) is 5.41 Å². The van der Waals surface area contributed by atoms with Crippen LogP contribution in [0.25, 0.3) is 11.0 Å². The predicted molar refractivity (Wildman–Crippen MR) is 148 cm³/mol. The highest BCUT2D eigenvalue weighted by molar-refractivity contribution is 5.97. The minimum absolute atomic E-state index is 0.0256. The monoisotopic (exact) mass is 513 g/mol. The average molecular weight is 514 g/mol. The Kier molecular flexibility index (Phi) is 6.82. The molecule has 0 saturated carbocycles. The third-order valence-corrected chi connectivity index (χ3v) is 6.87. The fourth-order valence-corrected chi connectivity index (χ4v) is 4.72. The number of fused-ring (bicyclic) bond motifs is 1. The van der Waals surface area contributed by atoms with Gasteiger partial charge >= 0.3 is 5.97 Å². The maximum Gasteiger partial charge on any atom is 0.335 e. The Morgan fingerprint density at radius 2 is 1.29 bits per heavy atom. The van der Waals surface area contributed by atoms with Crippen LogP contribution in [0.2, 0.25) is 0 Å². The van der Waals surface area contributed by atoms with Gasteiger partial charge in [0.15, 0.2) is 5.78 Å². The van der Waals surface area contributed by atoms with Crippen molar-refractivity contribution in [2.24, 2.45) is 0 Å². The van der Waals surface area contributed by atoms with Crippen molar-refractivity contribution >= 4 is 22.8 Å². The lowest BCUT2D eigenvalue weighted by atomic mass is 9.78. The number of imidazole rings is 1. The van der Waals surface area contributed by atoms with Gasteiger partial charge in [-0.25, -0.2) is 4.79 Å². The van der Waals surface area contributed by atoms with Crippen LogP contribution in [0.5, 0.6) is 5.75 Å². The number of rotatable bonds is 6. The highest BCUT2D eigenvalue weighted by Crippen LogP contribution is 2.40. The highest BCUT2D eigenvalue weighted by Gasteiger charge is 2.28. The summed E-state index contributed by atoms with van der Waals surface area (Å²) in [4.78, 5) is 24.9. The van der Waals surface area contributed by atoms with Crippen LogP contribution in [0.1, 0.15) is 78.9 Å². The average Bonchev–Trinajstić information content (AvgIpc) is 3.09. The quantitative estimate of drug-likeness (QED) is 0.281. The number of carboxylic acids is 1. The summed E-state index contributed by atoms with van der Waals surface area (Å²) < 4.78 is 3.51. The molecule has 198 valence electrons. The molecule has 0 radical (unpaired) electrons. The van der Waals surface area contributed by atoms with E-state index in [0.29, 0.717) is 12.1 Å². The number of aromatic carboxylic acids is 1. The fourth-order valence-electron chi connectivity index (χ4n) is 4.72. The van der Waals surface area contributed by atoms with E-state index in [-0.39, 0.29) is 40.1 Å². The summed E-state index contributed by atoms with van der Waals surface area (Å²) >= 11 is 0. The number of aromatic hydroxyl groups is 1. The van der Waals surface area contributed by atoms with Gasteiger partial charge in [0.05, 0.1) is 29.7 Å². The van der Waals surface area contributed by atoms with Crippen LogP contribution in [-0.2, 0) is 23.9 Å². The van der Waals surface area contributed by atoms with Crippen LogP contribution >= 0.6 is 0 Å². The number of carboxylic acid groups (broad SMARTS) is 1. The minimum Gasteiger partial charge on any atom is -0.507 e. The molecule has 38 heavy (non-hydrogen) atoms. The first-order chi connectivity index (χ1) is 17.7. The summed E-state index contributed by atoms with van der Waals surface area (Å²) in [6, 6.07) is 17.7. The van der Waals surface area contributed by atoms with Gasteiger partial charge in [-0.2, -0.15) is 0 Å². The Bertz CT molecular complexity index is 1560. The fraction of sp³-hybridized carbons (Fsp3) is 0.323. The van der Waals surface area contributed by atoms with Crippen LogP contribution < -0.4 is 5.62 Å². The van der Waals surface area contributed by atoms with Gasteiger partial charge in [0.2, 0.25) is 5.62 Å². The van der Waals surface area contributed by atoms with Crippen molar-refractivity contribution in [1.82, 2.24) is 9.13 Å². The summed E-state index contributed by atoms with van der Waals surface area (Å²) in [5, 5.41) is 29.2. The number of nitrogens with one attached hydrogen (secondary N) is 1. The third-order valence-electron chi connectivity index (χ3n) is 6.87. The molecule has 0 atom stereocenters. The molecule has 3 aromatic carbocycles. The molecule has 0 aliphatic heterocycles. The summed E-state index contributed by atoms with van der Waals surface area (Å²) in [6.45, 7) is 12.4. The van der Waals surface area contributed by atoms with E-state index in [2.05, 4.69) is 0 Å². The molecule has 4 aromatic rings. The maximum atomic E-state index is 13.7. The molecule has 4 rings (SSSR count). The molecule has 3 N–H and O–H groups in total. The maximum absolute atomic E-state index is 13.7. The first kappa shape index (κ1) is 26.9. The molecule has 1 aromatic heterocycles. The topological polar surface area (TPSA) is 108 Å². The molecule has 7 heteroatoms. The van der Waals surface area contributed by atoms with Gasteiger partial charge in [0.25, 0.3) is 0 Å². The van der Waals surface area contributed by atoms with E-state index in [9.17, 15) is 19.8 Å². The molecule has 0 bridgehead atoms. The minimum atomic E-state index is -0.987. The number of para-hydroxylation sites is 2. The molecule has 0 fully saturated rings. The normalized spacial score (nSPS) is 12.2. The van der Waals surface area contributed by atoms with E-state index >= 15 is 0 Å². The molecule has 0 unspecified atom stereocenters. The third kappa shape index (κ3) is 5.14. The molecule has 0 amide bonds. The van der Waals surface area contributed by atoms with Crippen molar-refractivity contribution in [3.05, 3.63) is 94.1 Å². The van der Waals surface area contributed by atoms with E-state index in [0.717, 1.165) is 27.7 Å². The lowest BCUT2D eigenvalue weighted by Crippen LogP contribution is -2.28. The Morgan fingerprint density at radius 1 is 0.789 bits per heavy atom. The molecule has 0 aliphatic rings. The Balaban J connectivity index is 1.77. The van der Waals surface area contributed by atoms with Crippen LogP contribution in [-0.4, -0.2) is 31.1 Å². The SMILES string of the molecule is CC(C)(C)c1cc(C(=O)Cn2c(=N)n(Cc3ccc(C(=O)O)cc3)c3ccccc32)cc(C(C)(C)C)c1O. The lowest BCUT2D eigenvalue weighted by molar-refractivity contribution is 0.0696. The van der Waals surface area contributed by atoms with Gasteiger partial charge in [-0.1, -0.05) is 65.8 Å². The van der Waals surface area contributed by atoms with Crippen molar-refractivity contribution in [3.63, 3.8) is 0 Å². The molecular formula is C31H35N3O4. The van der Waals surface area contributed by atoms with Crippen molar-refractivity contribution in [3.8, 4) is 5.75 Å². The molecule has 0 aliphatic carbocycles. The van der Waals surface area contributed by atoms with E-state index in [4.69, 9.17) is 5.41 Å². The smallest absolute Gasteiger partial charge is 0.335 e. The summed E-state index contributed by atoms with van der Waals surface area (Å²) in [6.07, 6.45) is 0. The van der Waals surface area contributed by atoms with Crippen LogP contribution in [0.15, 0.2) is 60.7 Å². The number of aromatic nitrogens is 2. The first-order valence-corrected chi connectivity index (χ1v) is 12.6. The largest absolute Gasteiger partial charge is 0.507 e. The standard InChI is InChI=1S/C31H35N3O4/c1-30(2,3)22-15-21(16-23(27(22)36)31(4,5)6)26(35)18-34-25-10-8-7-9-24(25)33(29(34)32)17-19-11-13-20(14-12-19)28(37)38/h7-16,32,36H,17-18H2,1-6H3,(H,37,38). The Hall–Kier alpha value is -4.13. The van der Waals surface area contributed by atoms with E-state index in [1.807, 2.05) is 70.4 Å². The highest BCUT2D eigenvalue weighted by atomic mass is 16.4. The number of carbonyl (C=O) groups excluding carboxylic acids is 1. The van der Waals surface area contributed by atoms with Gasteiger partial charge < -0.3 is 19.3 Å². The molecular weight excluding hydrogens is 478 g/mol. The zero-order valence-corrected chi connectivity index (χ0v) is 22.8. The van der Waals surface area contributed by atoms with Crippen molar-refractivity contribution in [2.75, 3.05) is 0 Å². The zero-order chi connectivity index (χ0) is 28.0. The predicted octanol–water partition coefficient (Wildman–Crippen LogP) is 5.85. The lowest BCUT2D eigenvalue weighted by Gasteiger charge is -2.28. The number of nitrogens with zero attached hydrogens (tertiary/aromatic N) is 2. The van der Waals surface area contributed by atoms with Gasteiger partial charge in [-0.05, 0) is 52.8 Å². The number of benzene rings is 3. The van der Waals surface area contributed by atoms with Gasteiger partial charge in [-0.15, -0.1) is 0 Å². The molecule has 7 nitrogen and oxygen atoms in total. The molecule has 0 saturated heterocycles. The Labute approximate surface area is 222 Å². The Morgan fingerprint density at radius 3 is 1.76 bits per heavy atom. The van der Waals surface area contributed by atoms with Gasteiger partial charge in [0.1, 0.15) is 5.75 Å².